The van der Waals surface area contributed by atoms with Gasteiger partial charge < -0.3 is 9.64 Å². The van der Waals surface area contributed by atoms with Crippen molar-refractivity contribution < 1.29 is 17.9 Å². The van der Waals surface area contributed by atoms with E-state index in [1.807, 2.05) is 24.3 Å². The van der Waals surface area contributed by atoms with Crippen molar-refractivity contribution in [3.05, 3.63) is 63.6 Å². The number of halogens is 2. The molecular formula is C22H26Cl2N2O4S. The minimum absolute atomic E-state index is 0.0507. The first kappa shape index (κ1) is 23.9. The number of carbonyl (C=O) groups excluding carboxylic acids is 1. The molecule has 2 aromatic rings. The second kappa shape index (κ2) is 10.2. The van der Waals surface area contributed by atoms with Crippen LogP contribution in [0.3, 0.4) is 0 Å². The van der Waals surface area contributed by atoms with Gasteiger partial charge in [-0.25, -0.2) is 12.7 Å². The standard InChI is InChI=1S/C22H26Cl2N2O4S/c1-25(13-16-5-8-19(30-2)9-6-16)22(27)18-4-3-11-26(14-18)31(28,29)15-17-7-10-20(23)21(24)12-17/h5-10,12,18H,3-4,11,13-15H2,1-2H3/t18-/m1/s1. The van der Waals surface area contributed by atoms with Crippen molar-refractivity contribution >= 4 is 39.1 Å². The largest absolute Gasteiger partial charge is 0.497 e. The molecule has 1 atom stereocenters. The van der Waals surface area contributed by atoms with E-state index in [0.29, 0.717) is 41.5 Å². The second-order valence-corrected chi connectivity index (χ2v) is 10.5. The molecule has 9 heteroatoms. The third-order valence-electron chi connectivity index (χ3n) is 5.41. The minimum Gasteiger partial charge on any atom is -0.497 e. The lowest BCUT2D eigenvalue weighted by Gasteiger charge is -2.33. The van der Waals surface area contributed by atoms with Crippen molar-refractivity contribution in [3.63, 3.8) is 0 Å². The number of nitrogens with zero attached hydrogens (tertiary/aromatic N) is 2. The smallest absolute Gasteiger partial charge is 0.227 e. The van der Waals surface area contributed by atoms with Gasteiger partial charge in [-0.1, -0.05) is 41.4 Å². The molecule has 168 valence electrons. The molecule has 1 saturated heterocycles. The topological polar surface area (TPSA) is 66.9 Å². The molecular weight excluding hydrogens is 459 g/mol. The van der Waals surface area contributed by atoms with Crippen molar-refractivity contribution in [2.75, 3.05) is 27.2 Å². The maximum Gasteiger partial charge on any atom is 0.227 e. The van der Waals surface area contributed by atoms with Gasteiger partial charge in [0.05, 0.1) is 28.8 Å². The quantitative estimate of drug-likeness (QED) is 0.590. The Kier molecular flexibility index (Phi) is 7.86. The highest BCUT2D eigenvalue weighted by Gasteiger charge is 2.33. The fourth-order valence-electron chi connectivity index (χ4n) is 3.72. The Labute approximate surface area is 193 Å². The average Bonchev–Trinajstić information content (AvgIpc) is 2.76. The van der Waals surface area contributed by atoms with E-state index >= 15 is 0 Å². The first-order chi connectivity index (χ1) is 14.7. The fourth-order valence-corrected chi connectivity index (χ4v) is 5.64. The fraction of sp³-hybridized carbons (Fsp3) is 0.409. The van der Waals surface area contributed by atoms with E-state index in [1.54, 1.807) is 37.3 Å². The molecule has 0 aliphatic carbocycles. The van der Waals surface area contributed by atoms with Crippen LogP contribution in [0.1, 0.15) is 24.0 Å². The summed E-state index contributed by atoms with van der Waals surface area (Å²) in [7, 11) is -0.226. The Bertz CT molecular complexity index is 1030. The number of rotatable bonds is 7. The average molecular weight is 485 g/mol. The SMILES string of the molecule is COc1ccc(CN(C)C(=O)[C@@H]2CCCN(S(=O)(=O)Cc3ccc(Cl)c(Cl)c3)C2)cc1. The van der Waals surface area contributed by atoms with E-state index in [9.17, 15) is 13.2 Å². The Morgan fingerprint density at radius 3 is 2.45 bits per heavy atom. The van der Waals surface area contributed by atoms with Crippen LogP contribution < -0.4 is 4.74 Å². The Morgan fingerprint density at radius 1 is 1.13 bits per heavy atom. The highest BCUT2D eigenvalue weighted by molar-refractivity contribution is 7.88. The number of methoxy groups -OCH3 is 1. The third-order valence-corrected chi connectivity index (χ3v) is 7.97. The molecule has 6 nitrogen and oxygen atoms in total. The molecule has 0 radical (unpaired) electrons. The van der Waals surface area contributed by atoms with Crippen molar-refractivity contribution in [1.29, 1.82) is 0 Å². The molecule has 2 aromatic carbocycles. The molecule has 1 heterocycles. The van der Waals surface area contributed by atoms with Gasteiger partial charge in [0.15, 0.2) is 0 Å². The molecule has 0 spiro atoms. The lowest BCUT2D eigenvalue weighted by atomic mass is 9.98. The Hall–Kier alpha value is -1.80. The molecule has 0 bridgehead atoms. The number of ether oxygens (including phenoxy) is 1. The highest BCUT2D eigenvalue weighted by Crippen LogP contribution is 2.26. The molecule has 3 rings (SSSR count). The van der Waals surface area contributed by atoms with Gasteiger partial charge in [0.1, 0.15) is 5.75 Å². The van der Waals surface area contributed by atoms with Crippen LogP contribution in [-0.2, 0) is 27.1 Å². The summed E-state index contributed by atoms with van der Waals surface area (Å²) in [5.74, 6) is 0.172. The lowest BCUT2D eigenvalue weighted by molar-refractivity contribution is -0.135. The number of hydrogen-bond acceptors (Lipinski definition) is 4. The van der Waals surface area contributed by atoms with Crippen LogP contribution in [0.5, 0.6) is 5.75 Å². The van der Waals surface area contributed by atoms with Gasteiger partial charge in [0.25, 0.3) is 0 Å². The van der Waals surface area contributed by atoms with Gasteiger partial charge >= 0.3 is 0 Å². The van der Waals surface area contributed by atoms with Crippen LogP contribution in [0, 0.1) is 5.92 Å². The summed E-state index contributed by atoms with van der Waals surface area (Å²) < 4.78 is 32.5. The van der Waals surface area contributed by atoms with Crippen LogP contribution >= 0.6 is 23.2 Å². The zero-order valence-electron chi connectivity index (χ0n) is 17.6. The Morgan fingerprint density at radius 2 is 1.81 bits per heavy atom. The predicted molar refractivity (Wildman–Crippen MR) is 123 cm³/mol. The maximum absolute atomic E-state index is 13.0. The van der Waals surface area contributed by atoms with Gasteiger partial charge in [0, 0.05) is 26.7 Å². The van der Waals surface area contributed by atoms with E-state index in [0.717, 1.165) is 11.3 Å². The van der Waals surface area contributed by atoms with Gasteiger partial charge in [-0.05, 0) is 48.2 Å². The number of sulfonamides is 1. The van der Waals surface area contributed by atoms with E-state index in [1.165, 1.54) is 4.31 Å². The van der Waals surface area contributed by atoms with Crippen LogP contribution in [0.4, 0.5) is 0 Å². The van der Waals surface area contributed by atoms with Gasteiger partial charge in [-0.3, -0.25) is 4.79 Å². The summed E-state index contributed by atoms with van der Waals surface area (Å²) in [6.07, 6.45) is 1.32. The number of hydrogen-bond donors (Lipinski definition) is 0. The maximum atomic E-state index is 13.0. The van der Waals surface area contributed by atoms with Gasteiger partial charge in [-0.15, -0.1) is 0 Å². The van der Waals surface area contributed by atoms with Crippen LogP contribution in [0.25, 0.3) is 0 Å². The molecule has 1 aliphatic rings. The molecule has 0 saturated carbocycles. The van der Waals surface area contributed by atoms with Crippen molar-refractivity contribution in [2.45, 2.75) is 25.1 Å². The van der Waals surface area contributed by atoms with E-state index in [4.69, 9.17) is 27.9 Å². The van der Waals surface area contributed by atoms with Crippen molar-refractivity contribution in [3.8, 4) is 5.75 Å². The van der Waals surface area contributed by atoms with Gasteiger partial charge in [0.2, 0.25) is 15.9 Å². The number of amides is 1. The minimum atomic E-state index is -3.58. The number of piperidine rings is 1. The van der Waals surface area contributed by atoms with Crippen molar-refractivity contribution in [1.82, 2.24) is 9.21 Å². The highest BCUT2D eigenvalue weighted by atomic mass is 35.5. The molecule has 0 aromatic heterocycles. The summed E-state index contributed by atoms with van der Waals surface area (Å²) in [5.41, 5.74) is 1.55. The zero-order chi connectivity index (χ0) is 22.6. The lowest BCUT2D eigenvalue weighted by Crippen LogP contribution is -2.46. The van der Waals surface area contributed by atoms with Gasteiger partial charge in [-0.2, -0.15) is 0 Å². The first-order valence-electron chi connectivity index (χ1n) is 9.99. The summed E-state index contributed by atoms with van der Waals surface area (Å²) in [6.45, 7) is 1.06. The Balaban J connectivity index is 1.63. The molecule has 1 aliphatic heterocycles. The summed E-state index contributed by atoms with van der Waals surface area (Å²) in [4.78, 5) is 14.6. The predicted octanol–water partition coefficient (Wildman–Crippen LogP) is 4.20. The third kappa shape index (κ3) is 6.13. The molecule has 0 unspecified atom stereocenters. The summed E-state index contributed by atoms with van der Waals surface area (Å²) >= 11 is 11.9. The molecule has 0 N–H and O–H groups in total. The first-order valence-corrected chi connectivity index (χ1v) is 12.4. The van der Waals surface area contributed by atoms with E-state index < -0.39 is 10.0 Å². The second-order valence-electron chi connectivity index (χ2n) is 7.74. The van der Waals surface area contributed by atoms with Crippen LogP contribution in [0.2, 0.25) is 10.0 Å². The number of carbonyl (C=O) groups is 1. The summed E-state index contributed by atoms with van der Waals surface area (Å²) in [5, 5.41) is 0.701. The van der Waals surface area contributed by atoms with Crippen LogP contribution in [-0.4, -0.2) is 50.8 Å². The van der Waals surface area contributed by atoms with Crippen molar-refractivity contribution in [2.24, 2.45) is 5.92 Å². The summed E-state index contributed by atoms with van der Waals surface area (Å²) in [6, 6.07) is 12.3. The molecule has 31 heavy (non-hydrogen) atoms. The number of benzene rings is 2. The normalized spacial score (nSPS) is 17.4. The molecule has 1 fully saturated rings. The van der Waals surface area contributed by atoms with Crippen LogP contribution in [0.15, 0.2) is 42.5 Å². The monoisotopic (exact) mass is 484 g/mol. The zero-order valence-corrected chi connectivity index (χ0v) is 19.9. The molecule has 1 amide bonds. The van der Waals surface area contributed by atoms with E-state index in [2.05, 4.69) is 0 Å². The van der Waals surface area contributed by atoms with E-state index in [-0.39, 0.29) is 24.1 Å².